The van der Waals surface area contributed by atoms with Crippen LogP contribution in [-0.2, 0) is 14.4 Å². The van der Waals surface area contributed by atoms with Crippen molar-refractivity contribution in [3.63, 3.8) is 0 Å². The van der Waals surface area contributed by atoms with Crippen molar-refractivity contribution < 1.29 is 19.5 Å². The fourth-order valence-corrected chi connectivity index (χ4v) is 12.7. The molecule has 0 saturated heterocycles. The maximum Gasteiger partial charge on any atom is 0.302 e. The number of hydrogen-bond donors (Lipinski definition) is 0. The first kappa shape index (κ1) is 29.2. The summed E-state index contributed by atoms with van der Waals surface area (Å²) in [6.45, 7) is 19.3. The fourth-order valence-electron chi connectivity index (χ4n) is 12.7. The van der Waals surface area contributed by atoms with Crippen molar-refractivity contribution in [1.82, 2.24) is 0 Å². The van der Waals surface area contributed by atoms with Gasteiger partial charge in [-0.2, -0.15) is 0 Å². The summed E-state index contributed by atoms with van der Waals surface area (Å²) >= 11 is 0. The highest BCUT2D eigenvalue weighted by atomic mass is 16.9. The van der Waals surface area contributed by atoms with E-state index in [9.17, 15) is 14.9 Å². The molecule has 6 nitrogen and oxygen atoms in total. The molecule has 0 aliphatic heterocycles. The molecule has 6 heteroatoms. The third-order valence-electron chi connectivity index (χ3n) is 14.6. The zero-order valence-corrected chi connectivity index (χ0v) is 26.0. The lowest BCUT2D eigenvalue weighted by atomic mass is 9.32. The van der Waals surface area contributed by atoms with Gasteiger partial charge in [0.2, 0.25) is 0 Å². The van der Waals surface area contributed by atoms with Crippen molar-refractivity contribution in [2.24, 2.45) is 62.6 Å². The highest BCUT2D eigenvalue weighted by Gasteiger charge is 2.71. The van der Waals surface area contributed by atoms with E-state index in [1.807, 2.05) is 0 Å². The smallest absolute Gasteiger partial charge is 0.302 e. The molecule has 0 unspecified atom stereocenters. The number of nitrogens with zero attached hydrogens (tertiary/aromatic N) is 1. The predicted octanol–water partition coefficient (Wildman–Crippen LogP) is 8.25. The van der Waals surface area contributed by atoms with Crippen LogP contribution in [0, 0.1) is 72.7 Å². The number of rotatable bonds is 6. The van der Waals surface area contributed by atoms with Crippen molar-refractivity contribution in [2.75, 3.05) is 6.61 Å². The average molecular weight is 546 g/mol. The molecule has 222 valence electrons. The van der Waals surface area contributed by atoms with Crippen molar-refractivity contribution in [3.05, 3.63) is 10.1 Å². The number of carbonyl (C=O) groups excluding carboxylic acids is 1. The van der Waals surface area contributed by atoms with Crippen LogP contribution in [0.25, 0.3) is 0 Å². The molecule has 39 heavy (non-hydrogen) atoms. The quantitative estimate of drug-likeness (QED) is 0.191. The Morgan fingerprint density at radius 3 is 2.26 bits per heavy atom. The minimum atomic E-state index is -0.601. The van der Waals surface area contributed by atoms with Crippen LogP contribution in [0.3, 0.4) is 0 Å². The summed E-state index contributed by atoms with van der Waals surface area (Å²) in [5, 5.41) is 10.4. The summed E-state index contributed by atoms with van der Waals surface area (Å²) in [7, 11) is 0. The zero-order valence-electron chi connectivity index (χ0n) is 26.0. The van der Waals surface area contributed by atoms with Crippen molar-refractivity contribution in [3.8, 4) is 0 Å². The van der Waals surface area contributed by atoms with E-state index in [4.69, 9.17) is 9.57 Å². The molecule has 5 saturated carbocycles. The molecule has 5 fully saturated rings. The summed E-state index contributed by atoms with van der Waals surface area (Å²) < 4.78 is 5.92. The summed E-state index contributed by atoms with van der Waals surface area (Å²) in [6, 6.07) is 0. The Balaban J connectivity index is 1.47. The number of carbonyl (C=O) groups is 1. The average Bonchev–Trinajstić information content (AvgIpc) is 3.21. The Morgan fingerprint density at radius 2 is 1.62 bits per heavy atom. The second-order valence-corrected chi connectivity index (χ2v) is 16.3. The SMILES string of the molecule is CC(=O)O[C@@H]1CC[C@@]2(C)[C@H](CC[C@]3(C)[C@@H]2CC[C@H]2[C@@H]4[C@H](C(C)C)CC[C@]4(CCO[N+](=O)[O-])CC[C@]23C)C1(C)C. The van der Waals surface area contributed by atoms with E-state index in [2.05, 4.69) is 48.5 Å². The lowest BCUT2D eigenvalue weighted by Gasteiger charge is -2.73. The summed E-state index contributed by atoms with van der Waals surface area (Å²) in [5.74, 6) is 3.79. The molecule has 0 N–H and O–H groups in total. The highest BCUT2D eigenvalue weighted by Crippen LogP contribution is 2.78. The van der Waals surface area contributed by atoms with Gasteiger partial charge in [0.05, 0.1) is 6.61 Å². The molecule has 5 aliphatic carbocycles. The van der Waals surface area contributed by atoms with Gasteiger partial charge < -0.3 is 9.57 Å². The lowest BCUT2D eigenvalue weighted by Crippen LogP contribution is -2.66. The van der Waals surface area contributed by atoms with Crippen LogP contribution in [0.1, 0.15) is 126 Å². The lowest BCUT2D eigenvalue weighted by molar-refractivity contribution is -0.758. The molecular formula is C33H55NO5. The first-order valence-corrected chi connectivity index (χ1v) is 16.1. The summed E-state index contributed by atoms with van der Waals surface area (Å²) in [4.78, 5) is 27.9. The van der Waals surface area contributed by atoms with Crippen molar-refractivity contribution >= 4 is 5.97 Å². The van der Waals surface area contributed by atoms with Gasteiger partial charge >= 0.3 is 5.97 Å². The Morgan fingerprint density at radius 1 is 0.897 bits per heavy atom. The van der Waals surface area contributed by atoms with Crippen LogP contribution < -0.4 is 0 Å². The van der Waals surface area contributed by atoms with E-state index in [0.29, 0.717) is 40.9 Å². The normalized spacial score (nSPS) is 48.3. The van der Waals surface area contributed by atoms with Gasteiger partial charge in [-0.25, -0.2) is 0 Å². The second kappa shape index (κ2) is 9.61. The first-order chi connectivity index (χ1) is 18.1. The largest absolute Gasteiger partial charge is 0.462 e. The molecule has 0 heterocycles. The Labute approximate surface area is 236 Å². The van der Waals surface area contributed by atoms with Gasteiger partial charge in [-0.3, -0.25) is 4.79 Å². The van der Waals surface area contributed by atoms with Crippen LogP contribution in [-0.4, -0.2) is 23.8 Å². The van der Waals surface area contributed by atoms with Gasteiger partial charge in [0.15, 0.2) is 0 Å². The molecule has 10 atom stereocenters. The monoisotopic (exact) mass is 545 g/mol. The molecular weight excluding hydrogens is 490 g/mol. The molecule has 0 aromatic heterocycles. The van der Waals surface area contributed by atoms with Crippen LogP contribution in [0.2, 0.25) is 0 Å². The van der Waals surface area contributed by atoms with Crippen LogP contribution in [0.5, 0.6) is 0 Å². The minimum absolute atomic E-state index is 0.00925. The third kappa shape index (κ3) is 4.18. The number of fused-ring (bicyclic) bond motifs is 7. The Kier molecular flexibility index (Phi) is 7.19. The third-order valence-corrected chi connectivity index (χ3v) is 14.6. The minimum Gasteiger partial charge on any atom is -0.462 e. The number of ether oxygens (including phenoxy) is 1. The van der Waals surface area contributed by atoms with Gasteiger partial charge in [-0.15, -0.1) is 10.1 Å². The standard InChI is InChI=1S/C33H55NO5/c1-21(2)23-11-16-33(19-20-38-34(36)37)18-17-31(7)24(28(23)33)9-10-26-30(6)14-13-27(39-22(3)35)29(4,5)25(30)12-15-32(26,31)8/h21,23-28H,9-20H2,1-8H3/t23-,24-,25+,26+,27+,28-,30-,31+,32+,33+/m0/s1. The van der Waals surface area contributed by atoms with E-state index in [1.54, 1.807) is 6.92 Å². The van der Waals surface area contributed by atoms with E-state index < -0.39 is 5.09 Å². The molecule has 5 rings (SSSR count). The Bertz CT molecular complexity index is 979. The number of esters is 1. The first-order valence-electron chi connectivity index (χ1n) is 16.1. The molecule has 0 aromatic rings. The van der Waals surface area contributed by atoms with Crippen LogP contribution in [0.4, 0.5) is 0 Å². The van der Waals surface area contributed by atoms with E-state index in [0.717, 1.165) is 19.3 Å². The topological polar surface area (TPSA) is 78.7 Å². The molecule has 0 amide bonds. The maximum atomic E-state index is 11.9. The Hall–Kier alpha value is -1.33. The zero-order chi connectivity index (χ0) is 28.6. The predicted molar refractivity (Wildman–Crippen MR) is 152 cm³/mol. The highest BCUT2D eigenvalue weighted by molar-refractivity contribution is 5.66. The van der Waals surface area contributed by atoms with Gasteiger partial charge in [0.25, 0.3) is 5.09 Å². The fraction of sp³-hybridized carbons (Fsp3) is 0.970. The van der Waals surface area contributed by atoms with Crippen LogP contribution in [0.15, 0.2) is 0 Å². The van der Waals surface area contributed by atoms with E-state index in [-0.39, 0.29) is 40.3 Å². The van der Waals surface area contributed by atoms with Gasteiger partial charge in [-0.05, 0) is 128 Å². The molecule has 0 aromatic carbocycles. The molecule has 0 bridgehead atoms. The molecule has 0 spiro atoms. The summed E-state index contributed by atoms with van der Waals surface area (Å²) in [6.07, 6.45) is 12.9. The van der Waals surface area contributed by atoms with Crippen molar-refractivity contribution in [2.45, 2.75) is 132 Å². The van der Waals surface area contributed by atoms with Crippen molar-refractivity contribution in [1.29, 1.82) is 0 Å². The second-order valence-electron chi connectivity index (χ2n) is 16.3. The summed E-state index contributed by atoms with van der Waals surface area (Å²) in [5.41, 5.74) is 1.03. The number of hydrogen-bond acceptors (Lipinski definition) is 5. The maximum absolute atomic E-state index is 11.9. The molecule has 5 aliphatic rings. The molecule has 0 radical (unpaired) electrons. The van der Waals surface area contributed by atoms with E-state index >= 15 is 0 Å². The van der Waals surface area contributed by atoms with Gasteiger partial charge in [0.1, 0.15) is 6.10 Å². The van der Waals surface area contributed by atoms with Gasteiger partial charge in [0, 0.05) is 12.3 Å². The van der Waals surface area contributed by atoms with Gasteiger partial charge in [-0.1, -0.05) is 48.5 Å². The van der Waals surface area contributed by atoms with E-state index in [1.165, 1.54) is 51.4 Å². The van der Waals surface area contributed by atoms with Crippen LogP contribution >= 0.6 is 0 Å².